The maximum Gasteiger partial charge on any atom is 0.136 e. The molecule has 1 aliphatic rings. The number of amidine groups is 1. The van der Waals surface area contributed by atoms with Crippen LogP contribution in [0.2, 0.25) is 0 Å². The predicted molar refractivity (Wildman–Crippen MR) is 126 cm³/mol. The van der Waals surface area contributed by atoms with E-state index in [2.05, 4.69) is 25.4 Å². The number of aliphatic imine (C=N–C) groups is 1. The second-order valence-corrected chi connectivity index (χ2v) is 8.87. The van der Waals surface area contributed by atoms with E-state index in [1.165, 1.54) is 23.9 Å². The molecule has 2 rings (SSSR count). The largest absolute Gasteiger partial charge is 0.383 e. The number of hydrogen-bond donors (Lipinski definition) is 1. The lowest BCUT2D eigenvalue weighted by atomic mass is 9.96. The first kappa shape index (κ1) is 24.1. The third-order valence-corrected chi connectivity index (χ3v) is 6.61. The maximum atomic E-state index is 14.3. The minimum atomic E-state index is -0.272. The molecule has 2 N–H and O–H groups in total. The fourth-order valence-electron chi connectivity index (χ4n) is 3.17. The molecule has 0 spiro atoms. The number of hydrogen-bond acceptors (Lipinski definition) is 2. The van der Waals surface area contributed by atoms with Gasteiger partial charge in [0.05, 0.1) is 0 Å². The molecule has 0 saturated heterocycles. The molecule has 0 amide bonds. The Morgan fingerprint density at radius 2 is 2.10 bits per heavy atom. The van der Waals surface area contributed by atoms with E-state index in [0.29, 0.717) is 45.8 Å². The van der Waals surface area contributed by atoms with Crippen LogP contribution in [0.3, 0.4) is 0 Å². The Morgan fingerprint density at radius 3 is 2.80 bits per heavy atom. The Kier molecular flexibility index (Phi) is 9.57. The van der Waals surface area contributed by atoms with Crippen LogP contribution in [-0.4, -0.2) is 11.6 Å². The van der Waals surface area contributed by atoms with Crippen molar-refractivity contribution in [3.05, 3.63) is 77.6 Å². The Hall–Kier alpha value is -2.14. The van der Waals surface area contributed by atoms with Gasteiger partial charge in [0.15, 0.2) is 0 Å². The van der Waals surface area contributed by atoms with Gasteiger partial charge in [-0.1, -0.05) is 26.0 Å². The van der Waals surface area contributed by atoms with Gasteiger partial charge < -0.3 is 5.73 Å². The standard InChI is InChI=1S/C25H32F2N2S/c1-5-19(6-2)11-10-17(3)16-30-24-15-20(12-13-23(24)27)25(28)29-21-8-7-9-22(26)18(4)14-21/h5,7,9,12-15,17,19H,1,6,8,10-11,16H2,2-4H3,(H2,28,29). The van der Waals surface area contributed by atoms with Crippen molar-refractivity contribution in [2.75, 3.05) is 5.75 Å². The van der Waals surface area contributed by atoms with Crippen LogP contribution >= 0.6 is 11.8 Å². The van der Waals surface area contributed by atoms with Gasteiger partial charge in [0.1, 0.15) is 17.5 Å². The van der Waals surface area contributed by atoms with Crippen molar-refractivity contribution >= 4 is 17.6 Å². The molecule has 30 heavy (non-hydrogen) atoms. The van der Waals surface area contributed by atoms with Crippen molar-refractivity contribution in [2.45, 2.75) is 51.3 Å². The zero-order chi connectivity index (χ0) is 22.1. The lowest BCUT2D eigenvalue weighted by Gasteiger charge is -2.15. The fraction of sp³-hybridized carbons (Fsp3) is 0.400. The first-order chi connectivity index (χ1) is 14.3. The highest BCUT2D eigenvalue weighted by Crippen LogP contribution is 2.28. The number of rotatable bonds is 10. The van der Waals surface area contributed by atoms with Crippen LogP contribution < -0.4 is 5.73 Å². The summed E-state index contributed by atoms with van der Waals surface area (Å²) in [5.74, 6) is 1.64. The summed E-state index contributed by atoms with van der Waals surface area (Å²) in [5, 5.41) is 0. The lowest BCUT2D eigenvalue weighted by molar-refractivity contribution is 0.477. The minimum Gasteiger partial charge on any atom is -0.383 e. The van der Waals surface area contributed by atoms with E-state index < -0.39 is 0 Å². The Bertz CT molecular complexity index is 868. The molecule has 2 unspecified atom stereocenters. The summed E-state index contributed by atoms with van der Waals surface area (Å²) in [6, 6.07) is 4.82. The molecule has 0 saturated carbocycles. The van der Waals surface area contributed by atoms with Crippen LogP contribution in [0, 0.1) is 17.7 Å². The number of allylic oxidation sites excluding steroid dienone is 6. The highest BCUT2D eigenvalue weighted by Gasteiger charge is 2.12. The molecule has 0 aliphatic heterocycles. The van der Waals surface area contributed by atoms with Crippen LogP contribution in [0.4, 0.5) is 8.78 Å². The summed E-state index contributed by atoms with van der Waals surface area (Å²) in [7, 11) is 0. The smallest absolute Gasteiger partial charge is 0.136 e. The van der Waals surface area contributed by atoms with Gasteiger partial charge in [-0.3, -0.25) is 0 Å². The van der Waals surface area contributed by atoms with Gasteiger partial charge in [0, 0.05) is 28.3 Å². The van der Waals surface area contributed by atoms with E-state index in [0.717, 1.165) is 25.0 Å². The van der Waals surface area contributed by atoms with Crippen molar-refractivity contribution in [1.29, 1.82) is 0 Å². The molecule has 1 aliphatic carbocycles. The highest BCUT2D eigenvalue weighted by molar-refractivity contribution is 7.99. The summed E-state index contributed by atoms with van der Waals surface area (Å²) in [6.45, 7) is 9.96. The molecule has 0 aromatic heterocycles. The monoisotopic (exact) mass is 430 g/mol. The minimum absolute atomic E-state index is 0.251. The molecule has 0 heterocycles. The van der Waals surface area contributed by atoms with Crippen molar-refractivity contribution in [3.63, 3.8) is 0 Å². The number of halogens is 2. The van der Waals surface area contributed by atoms with Crippen molar-refractivity contribution in [3.8, 4) is 0 Å². The van der Waals surface area contributed by atoms with E-state index in [-0.39, 0.29) is 11.6 Å². The third-order valence-electron chi connectivity index (χ3n) is 5.25. The highest BCUT2D eigenvalue weighted by atomic mass is 32.2. The summed E-state index contributed by atoms with van der Waals surface area (Å²) >= 11 is 1.51. The molecule has 2 atom stereocenters. The Balaban J connectivity index is 2.06. The van der Waals surface area contributed by atoms with E-state index >= 15 is 0 Å². The van der Waals surface area contributed by atoms with Crippen LogP contribution in [0.15, 0.2) is 76.1 Å². The van der Waals surface area contributed by atoms with Gasteiger partial charge in [-0.2, -0.15) is 0 Å². The average Bonchev–Trinajstić information content (AvgIpc) is 2.88. The first-order valence-electron chi connectivity index (χ1n) is 10.5. The second-order valence-electron chi connectivity index (χ2n) is 7.81. The second kappa shape index (κ2) is 11.9. The maximum absolute atomic E-state index is 14.3. The average molecular weight is 431 g/mol. The number of nitrogens with zero attached hydrogens (tertiary/aromatic N) is 1. The van der Waals surface area contributed by atoms with Crippen molar-refractivity contribution < 1.29 is 8.78 Å². The van der Waals surface area contributed by atoms with E-state index in [1.54, 1.807) is 31.2 Å². The summed E-state index contributed by atoms with van der Waals surface area (Å²) in [5.41, 5.74) is 8.03. The molecular formula is C25H32F2N2S. The van der Waals surface area contributed by atoms with Gasteiger partial charge in [-0.15, -0.1) is 18.3 Å². The van der Waals surface area contributed by atoms with Crippen LogP contribution in [-0.2, 0) is 0 Å². The van der Waals surface area contributed by atoms with Crippen molar-refractivity contribution in [2.24, 2.45) is 22.6 Å². The topological polar surface area (TPSA) is 38.4 Å². The Morgan fingerprint density at radius 1 is 1.33 bits per heavy atom. The summed E-state index contributed by atoms with van der Waals surface area (Å²) in [6.07, 6.45) is 10.7. The molecule has 0 radical (unpaired) electrons. The number of thioether (sulfide) groups is 1. The fourth-order valence-corrected chi connectivity index (χ4v) is 4.21. The summed E-state index contributed by atoms with van der Waals surface area (Å²) < 4.78 is 28.0. The molecule has 162 valence electrons. The first-order valence-corrected chi connectivity index (χ1v) is 11.5. The molecule has 5 heteroatoms. The van der Waals surface area contributed by atoms with Crippen molar-refractivity contribution in [1.82, 2.24) is 0 Å². The Labute approximate surface area is 183 Å². The molecule has 1 aromatic rings. The van der Waals surface area contributed by atoms with Gasteiger partial charge in [0.25, 0.3) is 0 Å². The van der Waals surface area contributed by atoms with Crippen LogP contribution in [0.25, 0.3) is 0 Å². The summed E-state index contributed by atoms with van der Waals surface area (Å²) in [4.78, 5) is 5.02. The molecule has 2 nitrogen and oxygen atoms in total. The predicted octanol–water partition coefficient (Wildman–Crippen LogP) is 7.34. The van der Waals surface area contributed by atoms with Gasteiger partial charge in [-0.05, 0) is 73.9 Å². The van der Waals surface area contributed by atoms with Gasteiger partial charge in [-0.25, -0.2) is 13.8 Å². The third kappa shape index (κ3) is 7.28. The van der Waals surface area contributed by atoms with E-state index in [9.17, 15) is 8.78 Å². The normalized spacial score (nSPS) is 16.8. The SMILES string of the molecule is C=CC(CC)CCC(C)CSc1cc(C(N)=NC2=CC(C)=C(F)C=CC2)ccc1F. The molecule has 0 bridgehead atoms. The molecule has 1 aromatic carbocycles. The zero-order valence-electron chi connectivity index (χ0n) is 18.1. The number of nitrogens with two attached hydrogens (primary N) is 1. The molecule has 0 fully saturated rings. The lowest BCUT2D eigenvalue weighted by Crippen LogP contribution is -2.14. The van der Waals surface area contributed by atoms with Gasteiger partial charge >= 0.3 is 0 Å². The van der Waals surface area contributed by atoms with Crippen LogP contribution in [0.5, 0.6) is 0 Å². The van der Waals surface area contributed by atoms with E-state index in [1.807, 2.05) is 6.08 Å². The van der Waals surface area contributed by atoms with Gasteiger partial charge in [0.2, 0.25) is 0 Å². The molecular weight excluding hydrogens is 398 g/mol. The van der Waals surface area contributed by atoms with Crippen LogP contribution in [0.1, 0.15) is 52.0 Å². The quantitative estimate of drug-likeness (QED) is 0.182. The zero-order valence-corrected chi connectivity index (χ0v) is 18.9. The number of benzene rings is 1. The van der Waals surface area contributed by atoms with E-state index in [4.69, 9.17) is 5.73 Å².